The highest BCUT2D eigenvalue weighted by Gasteiger charge is 2.39. The highest BCUT2D eigenvalue weighted by molar-refractivity contribution is 6.01. The minimum absolute atomic E-state index is 0.0712. The average molecular weight is 488 g/mol. The van der Waals surface area contributed by atoms with E-state index in [4.69, 9.17) is 4.84 Å². The number of imide groups is 1. The number of hydroxylamine groups is 2. The van der Waals surface area contributed by atoms with Crippen molar-refractivity contribution in [1.82, 2.24) is 5.06 Å². The zero-order valence-corrected chi connectivity index (χ0v) is 20.1. The van der Waals surface area contributed by atoms with Crippen molar-refractivity contribution >= 4 is 17.8 Å². The van der Waals surface area contributed by atoms with Gasteiger partial charge in [0.15, 0.2) is 0 Å². The monoisotopic (exact) mass is 487 g/mol. The van der Waals surface area contributed by atoms with Gasteiger partial charge in [0, 0.05) is 31.6 Å². The summed E-state index contributed by atoms with van der Waals surface area (Å²) in [7, 11) is 0. The molecule has 0 aromatic carbocycles. The smallest absolute Gasteiger partial charge is 0.333 e. The van der Waals surface area contributed by atoms with Gasteiger partial charge in [0.2, 0.25) is 0 Å². The molecule has 5 atom stereocenters. The van der Waals surface area contributed by atoms with Gasteiger partial charge in [-0.25, -0.2) is 4.79 Å². The number of carbonyl (C=O) groups is 3. The van der Waals surface area contributed by atoms with Gasteiger partial charge in [-0.1, -0.05) is 24.3 Å². The molecule has 1 saturated carbocycles. The predicted octanol–water partition coefficient (Wildman–Crippen LogP) is 2.89. The van der Waals surface area contributed by atoms with Crippen molar-refractivity contribution in [3.63, 3.8) is 0 Å². The molecule has 3 aliphatic rings. The summed E-state index contributed by atoms with van der Waals surface area (Å²) in [5.74, 6) is -1.42. The van der Waals surface area contributed by atoms with Gasteiger partial charge in [0.1, 0.15) is 0 Å². The van der Waals surface area contributed by atoms with Crippen LogP contribution in [0.1, 0.15) is 70.6 Å². The maximum absolute atomic E-state index is 11.8. The fraction of sp³-hybridized carbons (Fsp3) is 0.630. The summed E-state index contributed by atoms with van der Waals surface area (Å²) in [5, 5.41) is 31.7. The molecule has 0 bridgehead atoms. The van der Waals surface area contributed by atoms with Gasteiger partial charge in [-0.05, 0) is 68.9 Å². The van der Waals surface area contributed by atoms with Gasteiger partial charge < -0.3 is 20.2 Å². The normalized spacial score (nSPS) is 28.1. The molecular formula is C27H37NO7. The molecule has 2 aliphatic carbocycles. The topological polar surface area (TPSA) is 124 Å². The molecular weight excluding hydrogens is 450 g/mol. The lowest BCUT2D eigenvalue weighted by atomic mass is 9.88. The van der Waals surface area contributed by atoms with Crippen LogP contribution in [-0.2, 0) is 19.2 Å². The summed E-state index contributed by atoms with van der Waals surface area (Å²) in [5.41, 5.74) is 3.10. The Balaban J connectivity index is 1.36. The van der Waals surface area contributed by atoms with Crippen LogP contribution in [-0.4, -0.2) is 56.5 Å². The number of nitrogens with zero attached hydrogens (tertiary/aromatic N) is 1. The fourth-order valence-electron chi connectivity index (χ4n) is 4.89. The highest BCUT2D eigenvalue weighted by atomic mass is 16.7. The lowest BCUT2D eigenvalue weighted by Gasteiger charge is -2.20. The maximum Gasteiger partial charge on any atom is 0.333 e. The van der Waals surface area contributed by atoms with E-state index in [0.29, 0.717) is 43.1 Å². The van der Waals surface area contributed by atoms with E-state index in [1.165, 1.54) is 0 Å². The largest absolute Gasteiger partial charge is 0.393 e. The van der Waals surface area contributed by atoms with Gasteiger partial charge in [0.25, 0.3) is 11.8 Å². The lowest BCUT2D eigenvalue weighted by molar-refractivity contribution is -0.197. The van der Waals surface area contributed by atoms with Crippen molar-refractivity contribution in [1.29, 1.82) is 0 Å². The fourth-order valence-corrected chi connectivity index (χ4v) is 4.89. The van der Waals surface area contributed by atoms with Gasteiger partial charge >= 0.3 is 5.97 Å². The summed E-state index contributed by atoms with van der Waals surface area (Å²) >= 11 is 0. The summed E-state index contributed by atoms with van der Waals surface area (Å²) in [6.07, 6.45) is 15.5. The minimum atomic E-state index is -0.647. The number of allylic oxidation sites excluding steroid dienone is 3. The van der Waals surface area contributed by atoms with Crippen molar-refractivity contribution in [2.24, 2.45) is 17.8 Å². The van der Waals surface area contributed by atoms with E-state index in [-0.39, 0.29) is 31.1 Å². The molecule has 2 amide bonds. The van der Waals surface area contributed by atoms with Crippen LogP contribution >= 0.6 is 0 Å². The first-order valence-corrected chi connectivity index (χ1v) is 12.7. The molecule has 1 saturated heterocycles. The second kappa shape index (κ2) is 13.5. The Labute approximate surface area is 206 Å². The van der Waals surface area contributed by atoms with E-state index in [1.807, 2.05) is 30.4 Å². The van der Waals surface area contributed by atoms with Crippen LogP contribution in [0.3, 0.4) is 0 Å². The van der Waals surface area contributed by atoms with Crippen LogP contribution < -0.4 is 0 Å². The molecule has 1 heterocycles. The first-order chi connectivity index (χ1) is 16.8. The number of unbranched alkanes of at least 4 members (excludes halogenated alkanes) is 1. The standard InChI is InChI=1S/C27H37NO7/c29-20(13-12-19-8-4-3-5-9-19)14-15-22-21(23(30)18-24(22)31)10-6-1-2-7-11-27(34)35-28-25(32)16-17-26(28)33/h1,4-6,14-15,19-24,29-31H,2,7-13,16-18H2/b6-1-,15-14+/t20-,21?,22?,23-,24+/m0/s1. The van der Waals surface area contributed by atoms with E-state index in [2.05, 4.69) is 5.73 Å². The predicted molar refractivity (Wildman–Crippen MR) is 128 cm³/mol. The van der Waals surface area contributed by atoms with Crippen molar-refractivity contribution in [3.8, 4) is 0 Å². The van der Waals surface area contributed by atoms with Crippen molar-refractivity contribution in [2.45, 2.75) is 88.9 Å². The first-order valence-electron chi connectivity index (χ1n) is 12.7. The van der Waals surface area contributed by atoms with Crippen LogP contribution in [0.25, 0.3) is 0 Å². The second-order valence-corrected chi connectivity index (χ2v) is 9.70. The van der Waals surface area contributed by atoms with E-state index in [0.717, 1.165) is 19.3 Å². The van der Waals surface area contributed by atoms with Crippen LogP contribution in [0.4, 0.5) is 0 Å². The van der Waals surface area contributed by atoms with E-state index in [9.17, 15) is 29.7 Å². The molecule has 2 unspecified atom stereocenters. The number of aliphatic hydroxyl groups excluding tert-OH is 3. The molecule has 0 aromatic heterocycles. The zero-order chi connectivity index (χ0) is 25.2. The molecule has 8 nitrogen and oxygen atoms in total. The number of hydrogen-bond donors (Lipinski definition) is 3. The third-order valence-corrected chi connectivity index (χ3v) is 7.01. The molecule has 0 aromatic rings. The summed E-state index contributed by atoms with van der Waals surface area (Å²) in [4.78, 5) is 39.6. The number of hydrogen-bond acceptors (Lipinski definition) is 7. The third kappa shape index (κ3) is 8.29. The van der Waals surface area contributed by atoms with E-state index >= 15 is 0 Å². The number of aliphatic hydroxyl groups is 3. The molecule has 8 heteroatoms. The molecule has 0 spiro atoms. The number of rotatable bonds is 12. The van der Waals surface area contributed by atoms with Gasteiger partial charge in [0.05, 0.1) is 18.3 Å². The molecule has 0 radical (unpaired) electrons. The summed E-state index contributed by atoms with van der Waals surface area (Å²) < 4.78 is 0. The van der Waals surface area contributed by atoms with E-state index < -0.39 is 36.1 Å². The quantitative estimate of drug-likeness (QED) is 0.167. The van der Waals surface area contributed by atoms with Crippen LogP contribution in [0.5, 0.6) is 0 Å². The summed E-state index contributed by atoms with van der Waals surface area (Å²) in [6.45, 7) is 0. The number of carbonyl (C=O) groups excluding carboxylic acids is 3. The summed E-state index contributed by atoms with van der Waals surface area (Å²) in [6, 6.07) is 0. The Morgan fingerprint density at radius 3 is 2.57 bits per heavy atom. The molecule has 2 fully saturated rings. The highest BCUT2D eigenvalue weighted by Crippen LogP contribution is 2.36. The lowest BCUT2D eigenvalue weighted by Crippen LogP contribution is -2.31. The Morgan fingerprint density at radius 1 is 1.14 bits per heavy atom. The van der Waals surface area contributed by atoms with Gasteiger partial charge in [-0.15, -0.1) is 10.8 Å². The maximum atomic E-state index is 11.8. The molecule has 1 aliphatic heterocycles. The number of amides is 2. The van der Waals surface area contributed by atoms with Crippen molar-refractivity contribution in [2.75, 3.05) is 0 Å². The molecule has 35 heavy (non-hydrogen) atoms. The molecule has 3 rings (SSSR count). The Hall–Kier alpha value is -2.51. The average Bonchev–Trinajstić information content (AvgIpc) is 3.30. The third-order valence-electron chi connectivity index (χ3n) is 7.01. The zero-order valence-electron chi connectivity index (χ0n) is 20.1. The molecule has 192 valence electrons. The van der Waals surface area contributed by atoms with Crippen LogP contribution in [0, 0.1) is 17.8 Å². The SMILES string of the molecule is O=C(CCC/C=C\CC1C(/C=C/[C@@H](O)CCC2CC=C=CC2)[C@H](O)C[C@@H]1O)ON1C(=O)CCC1=O. The molecule has 3 N–H and O–H groups in total. The van der Waals surface area contributed by atoms with Gasteiger partial charge in [-0.2, -0.15) is 0 Å². The van der Waals surface area contributed by atoms with Crippen molar-refractivity contribution in [3.05, 3.63) is 42.2 Å². The van der Waals surface area contributed by atoms with Crippen LogP contribution in [0.2, 0.25) is 0 Å². The Kier molecular flexibility index (Phi) is 10.5. The van der Waals surface area contributed by atoms with Crippen molar-refractivity contribution < 1.29 is 34.5 Å². The van der Waals surface area contributed by atoms with Crippen LogP contribution in [0.15, 0.2) is 42.2 Å². The second-order valence-electron chi connectivity index (χ2n) is 9.70. The van der Waals surface area contributed by atoms with E-state index in [1.54, 1.807) is 6.08 Å². The Morgan fingerprint density at radius 2 is 1.86 bits per heavy atom. The minimum Gasteiger partial charge on any atom is -0.393 e. The first kappa shape index (κ1) is 27.1. The van der Waals surface area contributed by atoms with Gasteiger partial charge in [-0.3, -0.25) is 9.59 Å². The Bertz CT molecular complexity index is 847.